The van der Waals surface area contributed by atoms with Crippen LogP contribution >= 0.6 is 35.1 Å². The van der Waals surface area contributed by atoms with Gasteiger partial charge in [-0.15, -0.1) is 11.8 Å². The van der Waals surface area contributed by atoms with Gasteiger partial charge in [0, 0.05) is 35.1 Å². The maximum absolute atomic E-state index is 12.3. The lowest BCUT2D eigenvalue weighted by Gasteiger charge is -2.30. The Kier molecular flexibility index (Phi) is 4.98. The average Bonchev–Trinajstić information content (AvgIpc) is 2.35. The maximum atomic E-state index is 12.3. The number of nitrogens with zero attached hydrogens (tertiary/aromatic N) is 1. The van der Waals surface area contributed by atoms with E-state index < -0.39 is 0 Å². The van der Waals surface area contributed by atoms with E-state index in [0.29, 0.717) is 21.9 Å². The molecule has 1 aliphatic heterocycles. The first-order valence-corrected chi connectivity index (χ1v) is 8.33. The summed E-state index contributed by atoms with van der Waals surface area (Å²) in [5.41, 5.74) is 0.883. The number of hydrogen-bond donors (Lipinski definition) is 0. The molecule has 98 valence electrons. The summed E-state index contributed by atoms with van der Waals surface area (Å²) in [4.78, 5) is 16.2. The zero-order chi connectivity index (χ0) is 13.1. The summed E-state index contributed by atoms with van der Waals surface area (Å²) in [5.74, 6) is 1.19. The molecule has 18 heavy (non-hydrogen) atoms. The van der Waals surface area contributed by atoms with Gasteiger partial charge in [0.1, 0.15) is 0 Å². The molecule has 2 nitrogen and oxygen atoms in total. The van der Waals surface area contributed by atoms with Crippen molar-refractivity contribution in [2.24, 2.45) is 0 Å². The average molecular weight is 302 g/mol. The summed E-state index contributed by atoms with van der Waals surface area (Å²) < 4.78 is 0. The van der Waals surface area contributed by atoms with Crippen LogP contribution < -0.4 is 0 Å². The SMILES string of the molecule is CC1SCC(C(=O)Cc2ccncc2Cl)SC1C. The van der Waals surface area contributed by atoms with E-state index >= 15 is 0 Å². The second-order valence-corrected chi connectivity index (χ2v) is 7.88. The van der Waals surface area contributed by atoms with Crippen LogP contribution in [-0.4, -0.2) is 32.3 Å². The predicted octanol–water partition coefficient (Wildman–Crippen LogP) is 3.47. The van der Waals surface area contributed by atoms with Gasteiger partial charge in [-0.2, -0.15) is 11.8 Å². The van der Waals surface area contributed by atoms with Crippen LogP contribution in [0.4, 0.5) is 0 Å². The molecule has 0 bridgehead atoms. The molecule has 0 aliphatic carbocycles. The third kappa shape index (κ3) is 3.43. The van der Waals surface area contributed by atoms with Crippen molar-refractivity contribution in [3.63, 3.8) is 0 Å². The molecular formula is C13H16ClNOS2. The number of thioether (sulfide) groups is 2. The van der Waals surface area contributed by atoms with Crippen LogP contribution in [0.1, 0.15) is 19.4 Å². The lowest BCUT2D eigenvalue weighted by Crippen LogP contribution is -2.32. The highest BCUT2D eigenvalue weighted by atomic mass is 35.5. The Morgan fingerprint density at radius 3 is 2.94 bits per heavy atom. The van der Waals surface area contributed by atoms with Crippen LogP contribution in [-0.2, 0) is 11.2 Å². The molecule has 0 amide bonds. The Bertz CT molecular complexity index is 441. The van der Waals surface area contributed by atoms with Gasteiger partial charge >= 0.3 is 0 Å². The van der Waals surface area contributed by atoms with Crippen molar-refractivity contribution in [1.29, 1.82) is 0 Å². The quantitative estimate of drug-likeness (QED) is 0.855. The van der Waals surface area contributed by atoms with E-state index in [1.165, 1.54) is 0 Å². The number of carbonyl (C=O) groups is 1. The third-order valence-electron chi connectivity index (χ3n) is 3.13. The Morgan fingerprint density at radius 1 is 1.50 bits per heavy atom. The summed E-state index contributed by atoms with van der Waals surface area (Å²) in [6.45, 7) is 4.42. The largest absolute Gasteiger partial charge is 0.298 e. The highest BCUT2D eigenvalue weighted by Crippen LogP contribution is 2.36. The third-order valence-corrected chi connectivity index (χ3v) is 6.91. The molecule has 0 radical (unpaired) electrons. The van der Waals surface area contributed by atoms with Crippen molar-refractivity contribution < 1.29 is 4.79 Å². The molecule has 5 heteroatoms. The fourth-order valence-corrected chi connectivity index (χ4v) is 4.88. The van der Waals surface area contributed by atoms with Crippen molar-refractivity contribution >= 4 is 40.9 Å². The highest BCUT2D eigenvalue weighted by molar-refractivity contribution is 8.08. The first-order valence-electron chi connectivity index (χ1n) is 5.96. The molecule has 1 aromatic heterocycles. The molecule has 2 heterocycles. The summed E-state index contributed by atoms with van der Waals surface area (Å²) >= 11 is 9.72. The Labute approximate surface area is 121 Å². The summed E-state index contributed by atoms with van der Waals surface area (Å²) in [6.07, 6.45) is 3.69. The van der Waals surface area contributed by atoms with E-state index in [0.717, 1.165) is 11.3 Å². The van der Waals surface area contributed by atoms with Gasteiger partial charge in [0.15, 0.2) is 5.78 Å². The molecule has 0 N–H and O–H groups in total. The van der Waals surface area contributed by atoms with Gasteiger partial charge in [0.05, 0.1) is 10.3 Å². The van der Waals surface area contributed by atoms with Gasteiger partial charge < -0.3 is 0 Å². The standard InChI is InChI=1S/C13H16ClNOS2/c1-8-9(2)18-13(7-17-8)12(16)5-10-3-4-15-6-11(10)14/h3-4,6,8-9,13H,5,7H2,1-2H3. The first-order chi connectivity index (χ1) is 8.58. The lowest BCUT2D eigenvalue weighted by atomic mass is 10.1. The summed E-state index contributed by atoms with van der Waals surface area (Å²) in [5, 5.41) is 1.85. The van der Waals surface area contributed by atoms with Gasteiger partial charge in [0.2, 0.25) is 0 Å². The molecule has 0 aromatic carbocycles. The van der Waals surface area contributed by atoms with E-state index in [9.17, 15) is 4.79 Å². The van der Waals surface area contributed by atoms with Gasteiger partial charge in [0.25, 0.3) is 0 Å². The molecule has 2 rings (SSSR count). The summed E-state index contributed by atoms with van der Waals surface area (Å²) in [6, 6.07) is 1.83. The van der Waals surface area contributed by atoms with Crippen LogP contribution in [0.2, 0.25) is 5.02 Å². The van der Waals surface area contributed by atoms with Gasteiger partial charge in [-0.3, -0.25) is 9.78 Å². The molecule has 1 aliphatic rings. The fraction of sp³-hybridized carbons (Fsp3) is 0.538. The topological polar surface area (TPSA) is 30.0 Å². The Balaban J connectivity index is 1.99. The second kappa shape index (κ2) is 6.31. The number of ketones is 1. The van der Waals surface area contributed by atoms with Gasteiger partial charge in [-0.25, -0.2) is 0 Å². The zero-order valence-electron chi connectivity index (χ0n) is 10.4. The monoisotopic (exact) mass is 301 g/mol. The van der Waals surface area contributed by atoms with E-state index in [1.54, 1.807) is 24.2 Å². The molecule has 3 unspecified atom stereocenters. The molecule has 3 atom stereocenters. The normalized spacial score (nSPS) is 28.1. The van der Waals surface area contributed by atoms with Gasteiger partial charge in [-0.1, -0.05) is 25.4 Å². The van der Waals surface area contributed by atoms with Crippen LogP contribution in [0.15, 0.2) is 18.5 Å². The van der Waals surface area contributed by atoms with Crippen LogP contribution in [0.5, 0.6) is 0 Å². The number of halogens is 1. The van der Waals surface area contributed by atoms with Crippen molar-refractivity contribution in [2.75, 3.05) is 5.75 Å². The van der Waals surface area contributed by atoms with E-state index in [-0.39, 0.29) is 11.0 Å². The number of Topliss-reactive ketones (excluding diaryl/α,β-unsaturated/α-hetero) is 1. The minimum atomic E-state index is 0.102. The zero-order valence-corrected chi connectivity index (χ0v) is 12.8. The van der Waals surface area contributed by atoms with Crippen molar-refractivity contribution in [3.8, 4) is 0 Å². The van der Waals surface area contributed by atoms with Crippen LogP contribution in [0.3, 0.4) is 0 Å². The second-order valence-electron chi connectivity index (χ2n) is 4.48. The molecule has 0 spiro atoms. The number of pyridine rings is 1. The van der Waals surface area contributed by atoms with Crippen molar-refractivity contribution in [1.82, 2.24) is 4.98 Å². The number of hydrogen-bond acceptors (Lipinski definition) is 4. The van der Waals surface area contributed by atoms with E-state index in [4.69, 9.17) is 11.6 Å². The van der Waals surface area contributed by atoms with Crippen LogP contribution in [0.25, 0.3) is 0 Å². The minimum absolute atomic E-state index is 0.102. The van der Waals surface area contributed by atoms with Crippen LogP contribution in [0, 0.1) is 0 Å². The summed E-state index contributed by atoms with van der Waals surface area (Å²) in [7, 11) is 0. The Morgan fingerprint density at radius 2 is 2.28 bits per heavy atom. The van der Waals surface area contributed by atoms with Crippen molar-refractivity contribution in [3.05, 3.63) is 29.0 Å². The molecule has 1 saturated heterocycles. The minimum Gasteiger partial charge on any atom is -0.298 e. The van der Waals surface area contributed by atoms with Crippen molar-refractivity contribution in [2.45, 2.75) is 36.0 Å². The highest BCUT2D eigenvalue weighted by Gasteiger charge is 2.30. The Hall–Kier alpha value is -0.190. The van der Waals surface area contributed by atoms with Gasteiger partial charge in [-0.05, 0) is 11.6 Å². The smallest absolute Gasteiger partial charge is 0.151 e. The molecule has 1 fully saturated rings. The first kappa shape index (κ1) is 14.2. The number of carbonyl (C=O) groups excluding carboxylic acids is 1. The number of aromatic nitrogens is 1. The van der Waals surface area contributed by atoms with E-state index in [2.05, 4.69) is 18.8 Å². The maximum Gasteiger partial charge on any atom is 0.151 e. The molecule has 1 aromatic rings. The fourth-order valence-electron chi connectivity index (χ4n) is 1.80. The van der Waals surface area contributed by atoms with E-state index in [1.807, 2.05) is 17.8 Å². The lowest BCUT2D eigenvalue weighted by molar-refractivity contribution is -0.117. The predicted molar refractivity (Wildman–Crippen MR) is 80.7 cm³/mol. The molecular weight excluding hydrogens is 286 g/mol. The number of rotatable bonds is 3. The molecule has 0 saturated carbocycles.